The number of hydrogen-bond donors (Lipinski definition) is 0. The molecule has 0 spiro atoms. The van der Waals surface area contributed by atoms with E-state index in [1.54, 1.807) is 0 Å². The first kappa shape index (κ1) is 15.9. The predicted molar refractivity (Wildman–Crippen MR) is 120 cm³/mol. The Morgan fingerprint density at radius 2 is 1.63 bits per heavy atom. The van der Waals surface area contributed by atoms with Crippen molar-refractivity contribution in [3.63, 3.8) is 0 Å². The lowest BCUT2D eigenvalue weighted by Gasteiger charge is -2.20. The van der Waals surface area contributed by atoms with Gasteiger partial charge in [-0.1, -0.05) is 36.4 Å². The van der Waals surface area contributed by atoms with Crippen molar-refractivity contribution >= 4 is 44.8 Å². The molecule has 3 aromatic carbocycles. The van der Waals surface area contributed by atoms with Gasteiger partial charge in [0.2, 0.25) is 0 Å². The molecule has 0 radical (unpaired) electrons. The van der Waals surface area contributed by atoms with Crippen molar-refractivity contribution in [2.75, 3.05) is 4.90 Å². The third-order valence-electron chi connectivity index (χ3n) is 6.19. The van der Waals surface area contributed by atoms with Gasteiger partial charge in [-0.2, -0.15) is 0 Å². The van der Waals surface area contributed by atoms with Crippen LogP contribution in [0, 0.1) is 6.92 Å². The van der Waals surface area contributed by atoms with Gasteiger partial charge in [0.05, 0.1) is 23.5 Å². The summed E-state index contributed by atoms with van der Waals surface area (Å²) in [5, 5.41) is 2.20. The summed E-state index contributed by atoms with van der Waals surface area (Å²) in [6, 6.07) is 25.5. The maximum absolute atomic E-state index is 6.02. The maximum Gasteiger partial charge on any atom is 0.153 e. The van der Waals surface area contributed by atoms with E-state index in [1.165, 1.54) is 16.8 Å². The van der Waals surface area contributed by atoms with Crippen LogP contribution in [0.3, 0.4) is 0 Å². The molecule has 0 saturated heterocycles. The number of amidine groups is 1. The zero-order valence-electron chi connectivity index (χ0n) is 16.3. The van der Waals surface area contributed by atoms with Crippen molar-refractivity contribution in [3.8, 4) is 0 Å². The molecular weight excluding hydrogens is 370 g/mol. The van der Waals surface area contributed by atoms with Crippen LogP contribution in [0.15, 0.2) is 88.4 Å². The van der Waals surface area contributed by atoms with E-state index in [1.807, 2.05) is 13.1 Å². The molecule has 2 aliphatic heterocycles. The number of benzene rings is 3. The molecule has 142 valence electrons. The van der Waals surface area contributed by atoms with Crippen LogP contribution in [0.5, 0.6) is 0 Å². The Bertz CT molecular complexity index is 1530. The van der Waals surface area contributed by atoms with E-state index in [4.69, 9.17) is 9.41 Å². The summed E-state index contributed by atoms with van der Waals surface area (Å²) in [5.41, 5.74) is 8.62. The Kier molecular flexibility index (Phi) is 2.96. The monoisotopic (exact) mass is 387 g/mol. The van der Waals surface area contributed by atoms with Crippen LogP contribution in [0.1, 0.15) is 22.7 Å². The first-order valence-corrected chi connectivity index (χ1v) is 10.1. The average Bonchev–Trinajstić information content (AvgIpc) is 3.41. The molecule has 0 bridgehead atoms. The number of pyridine rings is 1. The summed E-state index contributed by atoms with van der Waals surface area (Å²) >= 11 is 0. The first-order valence-electron chi connectivity index (χ1n) is 10.1. The zero-order chi connectivity index (χ0) is 19.8. The second kappa shape index (κ2) is 5.57. The van der Waals surface area contributed by atoms with Crippen molar-refractivity contribution < 1.29 is 4.42 Å². The highest BCUT2D eigenvalue weighted by atomic mass is 16.3. The molecular formula is C26H17N3O. The minimum absolute atomic E-state index is 0.181. The van der Waals surface area contributed by atoms with Crippen LogP contribution in [-0.4, -0.2) is 10.8 Å². The van der Waals surface area contributed by atoms with Crippen molar-refractivity contribution in [1.29, 1.82) is 0 Å². The van der Waals surface area contributed by atoms with Gasteiger partial charge < -0.3 is 4.42 Å². The van der Waals surface area contributed by atoms with E-state index in [0.29, 0.717) is 0 Å². The molecule has 5 aromatic rings. The normalized spacial score (nSPS) is 16.6. The number of aliphatic imine (C=N–C) groups is 1. The molecule has 4 heteroatoms. The number of hydrogen-bond acceptors (Lipinski definition) is 4. The number of aryl methyl sites for hydroxylation is 1. The third kappa shape index (κ3) is 2.00. The lowest BCUT2D eigenvalue weighted by atomic mass is 9.93. The first-order chi connectivity index (χ1) is 14.8. The molecule has 1 unspecified atom stereocenters. The molecule has 30 heavy (non-hydrogen) atoms. The summed E-state index contributed by atoms with van der Waals surface area (Å²) in [6.45, 7) is 2.01. The number of aromatic nitrogens is 1. The van der Waals surface area contributed by atoms with E-state index in [2.05, 4.69) is 82.7 Å². The molecule has 0 aliphatic carbocycles. The van der Waals surface area contributed by atoms with Crippen LogP contribution >= 0.6 is 0 Å². The van der Waals surface area contributed by atoms with E-state index in [-0.39, 0.29) is 5.92 Å². The molecule has 4 nitrogen and oxygen atoms in total. The number of rotatable bonds is 1. The fraction of sp³-hybridized carbons (Fsp3) is 0.0769. The van der Waals surface area contributed by atoms with Crippen molar-refractivity contribution in [1.82, 2.24) is 4.98 Å². The summed E-state index contributed by atoms with van der Waals surface area (Å²) in [5.74, 6) is 1.25. The van der Waals surface area contributed by atoms with Gasteiger partial charge in [-0.15, -0.1) is 0 Å². The summed E-state index contributed by atoms with van der Waals surface area (Å²) < 4.78 is 6.02. The molecule has 2 aromatic heterocycles. The minimum atomic E-state index is 0.181. The Hall–Kier alpha value is -3.92. The van der Waals surface area contributed by atoms with Crippen LogP contribution < -0.4 is 4.90 Å². The number of nitrogens with zero attached hydrogens (tertiary/aromatic N) is 3. The van der Waals surface area contributed by atoms with Gasteiger partial charge in [-0.05, 0) is 54.4 Å². The lowest BCUT2D eigenvalue weighted by Crippen LogP contribution is -2.22. The number of para-hydroxylation sites is 2. The van der Waals surface area contributed by atoms with Gasteiger partial charge in [0.1, 0.15) is 11.4 Å². The second-order valence-corrected chi connectivity index (χ2v) is 7.96. The quantitative estimate of drug-likeness (QED) is 0.325. The SMILES string of the molecule is Cc1cc2c(cn1)oc1ccc(N3C4=Nc5ccccc5C4c4ccccc43)cc12. The van der Waals surface area contributed by atoms with Gasteiger partial charge in [0.25, 0.3) is 0 Å². The number of fused-ring (bicyclic) bond motifs is 8. The minimum Gasteiger partial charge on any atom is -0.454 e. The van der Waals surface area contributed by atoms with Gasteiger partial charge in [-0.25, -0.2) is 4.99 Å². The van der Waals surface area contributed by atoms with Gasteiger partial charge in [0.15, 0.2) is 5.58 Å². The maximum atomic E-state index is 6.02. The number of anilines is 2. The van der Waals surface area contributed by atoms with E-state index >= 15 is 0 Å². The Labute approximate surface area is 173 Å². The molecule has 4 heterocycles. The fourth-order valence-corrected chi connectivity index (χ4v) is 4.89. The van der Waals surface area contributed by atoms with Crippen molar-refractivity contribution in [3.05, 3.63) is 95.8 Å². The van der Waals surface area contributed by atoms with E-state index < -0.39 is 0 Å². The second-order valence-electron chi connectivity index (χ2n) is 7.96. The summed E-state index contributed by atoms with van der Waals surface area (Å²) in [7, 11) is 0. The highest BCUT2D eigenvalue weighted by Gasteiger charge is 2.41. The fourth-order valence-electron chi connectivity index (χ4n) is 4.89. The highest BCUT2D eigenvalue weighted by molar-refractivity contribution is 6.19. The number of furan rings is 1. The lowest BCUT2D eigenvalue weighted by molar-refractivity contribution is 0.666. The van der Waals surface area contributed by atoms with Crippen LogP contribution in [0.4, 0.5) is 17.1 Å². The van der Waals surface area contributed by atoms with Crippen LogP contribution in [0.2, 0.25) is 0 Å². The average molecular weight is 387 g/mol. The smallest absolute Gasteiger partial charge is 0.153 e. The van der Waals surface area contributed by atoms with Gasteiger partial charge in [0, 0.05) is 22.2 Å². The molecule has 0 N–H and O–H groups in total. The molecule has 0 amide bonds. The topological polar surface area (TPSA) is 41.6 Å². The Balaban J connectivity index is 1.48. The molecule has 0 saturated carbocycles. The third-order valence-corrected chi connectivity index (χ3v) is 6.19. The zero-order valence-corrected chi connectivity index (χ0v) is 16.3. The molecule has 2 aliphatic rings. The van der Waals surface area contributed by atoms with Crippen LogP contribution in [0.25, 0.3) is 21.9 Å². The van der Waals surface area contributed by atoms with Gasteiger partial charge >= 0.3 is 0 Å². The summed E-state index contributed by atoms with van der Waals surface area (Å²) in [4.78, 5) is 11.7. The summed E-state index contributed by atoms with van der Waals surface area (Å²) in [6.07, 6.45) is 1.81. The van der Waals surface area contributed by atoms with E-state index in [0.717, 1.165) is 44.8 Å². The molecule has 0 fully saturated rings. The van der Waals surface area contributed by atoms with Gasteiger partial charge in [-0.3, -0.25) is 9.88 Å². The largest absolute Gasteiger partial charge is 0.454 e. The highest BCUT2D eigenvalue weighted by Crippen LogP contribution is 2.51. The van der Waals surface area contributed by atoms with E-state index in [9.17, 15) is 0 Å². The Morgan fingerprint density at radius 1 is 0.833 bits per heavy atom. The predicted octanol–water partition coefficient (Wildman–Crippen LogP) is 6.62. The molecule has 1 atom stereocenters. The van der Waals surface area contributed by atoms with Crippen molar-refractivity contribution in [2.24, 2.45) is 4.99 Å². The molecule has 7 rings (SSSR count). The Morgan fingerprint density at radius 3 is 2.57 bits per heavy atom. The van der Waals surface area contributed by atoms with Crippen LogP contribution in [-0.2, 0) is 0 Å². The van der Waals surface area contributed by atoms with Crippen molar-refractivity contribution in [2.45, 2.75) is 12.8 Å². The standard InChI is InChI=1S/C26H17N3O/c1-15-12-19-20-13-16(10-11-23(20)30-24(19)14-27-15)29-22-9-5-3-7-18(22)25-17-6-2-4-8-21(17)28-26(25)29/h2-14,25H,1H3.